The molecule has 0 bridgehead atoms. The summed E-state index contributed by atoms with van der Waals surface area (Å²) in [6.45, 7) is 2.35. The van der Waals surface area contributed by atoms with Gasteiger partial charge in [0.15, 0.2) is 0 Å². The van der Waals surface area contributed by atoms with Crippen LogP contribution in [0.5, 0.6) is 0 Å². The minimum Gasteiger partial charge on any atom is -0.393 e. The molecule has 0 aromatic carbocycles. The van der Waals surface area contributed by atoms with Gasteiger partial charge in [-0.1, -0.05) is 18.0 Å². The van der Waals surface area contributed by atoms with Crippen LogP contribution in [0, 0.1) is 5.41 Å². The zero-order chi connectivity index (χ0) is 23.8. The van der Waals surface area contributed by atoms with E-state index in [-0.39, 0.29) is 6.10 Å². The number of aromatic nitrogens is 3. The minimum atomic E-state index is -0.165. The van der Waals surface area contributed by atoms with E-state index >= 15 is 0 Å². The molecule has 7 nitrogen and oxygen atoms in total. The lowest BCUT2D eigenvalue weighted by atomic mass is 9.53. The van der Waals surface area contributed by atoms with Gasteiger partial charge in [-0.15, -0.1) is 0 Å². The molecule has 0 unspecified atom stereocenters. The fraction of sp³-hybridized carbons (Fsp3) is 0.667. The van der Waals surface area contributed by atoms with Crippen molar-refractivity contribution in [1.82, 2.24) is 19.9 Å². The molecular weight excluding hydrogens is 460 g/mol. The van der Waals surface area contributed by atoms with E-state index in [4.69, 9.17) is 16.6 Å². The zero-order valence-electron chi connectivity index (χ0n) is 20.4. The van der Waals surface area contributed by atoms with E-state index < -0.39 is 0 Å². The van der Waals surface area contributed by atoms with Crippen LogP contribution in [0.2, 0.25) is 5.15 Å². The molecule has 2 aromatic rings. The summed E-state index contributed by atoms with van der Waals surface area (Å²) >= 11 is 6.06. The molecule has 1 aliphatic heterocycles. The van der Waals surface area contributed by atoms with Crippen LogP contribution in [-0.2, 0) is 0 Å². The first-order valence-corrected chi connectivity index (χ1v) is 13.9. The molecule has 0 atom stereocenters. The number of hydrogen-bond acceptors (Lipinski definition) is 7. The van der Waals surface area contributed by atoms with Crippen molar-refractivity contribution in [2.24, 2.45) is 5.41 Å². The lowest BCUT2D eigenvalue weighted by molar-refractivity contribution is -0.0611. The number of likely N-dealkylation sites (tertiary alicyclic amines) is 1. The first-order valence-electron chi connectivity index (χ1n) is 13.5. The number of aliphatic hydroxyl groups is 1. The summed E-state index contributed by atoms with van der Waals surface area (Å²) in [5.74, 6) is 1.98. The number of hydrogen-bond donors (Lipinski definition) is 3. The van der Waals surface area contributed by atoms with E-state index in [1.54, 1.807) is 12.3 Å². The van der Waals surface area contributed by atoms with Crippen LogP contribution in [0.4, 0.5) is 17.5 Å². The summed E-state index contributed by atoms with van der Waals surface area (Å²) in [6.07, 6.45) is 16.7. The van der Waals surface area contributed by atoms with E-state index in [0.717, 1.165) is 61.5 Å². The average Bonchev–Trinajstić information content (AvgIpc) is 2.80. The Hall–Kier alpha value is -1.96. The Morgan fingerprint density at radius 2 is 1.80 bits per heavy atom. The number of aliphatic hydroxyl groups excluding tert-OH is 1. The third kappa shape index (κ3) is 5.13. The summed E-state index contributed by atoms with van der Waals surface area (Å²) in [7, 11) is 0. The summed E-state index contributed by atoms with van der Waals surface area (Å²) < 4.78 is 0. The number of anilines is 3. The van der Waals surface area contributed by atoms with Gasteiger partial charge in [0, 0.05) is 35.7 Å². The monoisotopic (exact) mass is 496 g/mol. The van der Waals surface area contributed by atoms with Gasteiger partial charge in [-0.2, -0.15) is 4.98 Å². The Bertz CT molecular complexity index is 1020. The maximum Gasteiger partial charge on any atom is 0.229 e. The van der Waals surface area contributed by atoms with Crippen LogP contribution >= 0.6 is 11.6 Å². The molecule has 8 heteroatoms. The van der Waals surface area contributed by atoms with E-state index in [1.807, 2.05) is 12.3 Å². The van der Waals surface area contributed by atoms with Crippen molar-refractivity contribution in [3.8, 4) is 0 Å². The van der Waals surface area contributed by atoms with Gasteiger partial charge < -0.3 is 20.6 Å². The number of nitrogens with one attached hydrogen (secondary N) is 2. The van der Waals surface area contributed by atoms with E-state index in [0.29, 0.717) is 23.1 Å². The van der Waals surface area contributed by atoms with Crippen LogP contribution in [-0.4, -0.2) is 56.2 Å². The van der Waals surface area contributed by atoms with Gasteiger partial charge in [0.2, 0.25) is 5.95 Å². The largest absolute Gasteiger partial charge is 0.393 e. The van der Waals surface area contributed by atoms with Gasteiger partial charge in [0.25, 0.3) is 0 Å². The number of halogens is 1. The molecule has 6 rings (SSSR count). The normalized spacial score (nSPS) is 27.3. The van der Waals surface area contributed by atoms with Crippen molar-refractivity contribution in [3.05, 3.63) is 35.2 Å². The van der Waals surface area contributed by atoms with Crippen LogP contribution < -0.4 is 10.6 Å². The number of pyridine rings is 1. The summed E-state index contributed by atoms with van der Waals surface area (Å²) in [5, 5.41) is 17.4. The number of nitrogens with zero attached hydrogens (tertiary/aromatic N) is 4. The first kappa shape index (κ1) is 23.4. The second kappa shape index (κ2) is 9.83. The standard InChI is InChI=1S/C27H37ClN6O/c28-24-14-20(6-11-29-24)32-26-30-17-23(25(33-26)31-19-2-4-22(35)5-3-19)18-7-12-34(13-8-18)21-15-27(16-21)9-1-10-27/h6,11,14,17-19,21-22,35H,1-5,7-10,12-13,15-16H2,(H2,29,30,31,32,33)/t19-,22-. The highest BCUT2D eigenvalue weighted by Crippen LogP contribution is 2.57. The number of rotatable bonds is 6. The smallest absolute Gasteiger partial charge is 0.229 e. The molecule has 2 aromatic heterocycles. The molecule has 1 spiro atoms. The third-order valence-corrected chi connectivity index (χ3v) is 9.28. The molecular formula is C27H37ClN6O. The van der Waals surface area contributed by atoms with Gasteiger partial charge in [0.05, 0.1) is 6.10 Å². The average molecular weight is 497 g/mol. The van der Waals surface area contributed by atoms with Crippen molar-refractivity contribution in [2.45, 2.75) is 94.7 Å². The fourth-order valence-corrected chi connectivity index (χ4v) is 6.92. The quantitative estimate of drug-likeness (QED) is 0.455. The highest BCUT2D eigenvalue weighted by atomic mass is 35.5. The van der Waals surface area contributed by atoms with Gasteiger partial charge in [-0.3, -0.25) is 0 Å². The van der Waals surface area contributed by atoms with Crippen LogP contribution in [0.1, 0.15) is 82.1 Å². The molecule has 1 saturated heterocycles. The Balaban J connectivity index is 1.15. The lowest BCUT2D eigenvalue weighted by Gasteiger charge is -2.58. The second-order valence-electron chi connectivity index (χ2n) is 11.4. The summed E-state index contributed by atoms with van der Waals surface area (Å²) in [5.41, 5.74) is 2.79. The van der Waals surface area contributed by atoms with Crippen LogP contribution in [0.3, 0.4) is 0 Å². The Morgan fingerprint density at radius 3 is 2.49 bits per heavy atom. The van der Waals surface area contributed by atoms with Gasteiger partial charge >= 0.3 is 0 Å². The van der Waals surface area contributed by atoms with Gasteiger partial charge in [0.1, 0.15) is 11.0 Å². The van der Waals surface area contributed by atoms with Crippen LogP contribution in [0.25, 0.3) is 0 Å². The second-order valence-corrected chi connectivity index (χ2v) is 11.8. The van der Waals surface area contributed by atoms with Crippen molar-refractivity contribution < 1.29 is 5.11 Å². The fourth-order valence-electron chi connectivity index (χ4n) is 6.75. The Morgan fingerprint density at radius 1 is 1.03 bits per heavy atom. The molecule has 0 amide bonds. The molecule has 4 fully saturated rings. The Kier molecular flexibility index (Phi) is 6.58. The Labute approximate surface area is 213 Å². The summed E-state index contributed by atoms with van der Waals surface area (Å²) in [4.78, 5) is 16.4. The molecule has 0 radical (unpaired) electrons. The molecule has 3 aliphatic carbocycles. The first-order chi connectivity index (χ1) is 17.1. The maximum absolute atomic E-state index is 9.94. The van der Waals surface area contributed by atoms with Crippen molar-refractivity contribution in [2.75, 3.05) is 23.7 Å². The third-order valence-electron chi connectivity index (χ3n) is 9.07. The number of piperidine rings is 1. The molecule has 4 aliphatic rings. The van der Waals surface area contributed by atoms with Crippen molar-refractivity contribution in [1.29, 1.82) is 0 Å². The van der Waals surface area contributed by atoms with E-state index in [1.165, 1.54) is 50.8 Å². The van der Waals surface area contributed by atoms with Crippen LogP contribution in [0.15, 0.2) is 24.5 Å². The predicted octanol–water partition coefficient (Wildman–Crippen LogP) is 5.50. The topological polar surface area (TPSA) is 86.2 Å². The van der Waals surface area contributed by atoms with E-state index in [9.17, 15) is 5.11 Å². The van der Waals surface area contributed by atoms with Gasteiger partial charge in [-0.05, 0) is 101 Å². The molecule has 188 valence electrons. The van der Waals surface area contributed by atoms with Gasteiger partial charge in [-0.25, -0.2) is 9.97 Å². The SMILES string of the molecule is O[C@H]1CC[C@H](Nc2nc(Nc3ccnc(Cl)c3)ncc2C2CCN(C3CC4(CCC4)C3)CC2)CC1. The maximum atomic E-state index is 9.94. The molecule has 3 heterocycles. The molecule has 3 N–H and O–H groups in total. The van der Waals surface area contributed by atoms with Crippen molar-refractivity contribution >= 4 is 29.1 Å². The van der Waals surface area contributed by atoms with E-state index in [2.05, 4.69) is 25.5 Å². The summed E-state index contributed by atoms with van der Waals surface area (Å²) in [6, 6.07) is 4.79. The molecule has 3 saturated carbocycles. The zero-order valence-corrected chi connectivity index (χ0v) is 21.2. The van der Waals surface area contributed by atoms with Crippen molar-refractivity contribution in [3.63, 3.8) is 0 Å². The highest BCUT2D eigenvalue weighted by molar-refractivity contribution is 6.29. The minimum absolute atomic E-state index is 0.165. The predicted molar refractivity (Wildman–Crippen MR) is 139 cm³/mol. The lowest BCUT2D eigenvalue weighted by Crippen LogP contribution is -2.55. The molecule has 35 heavy (non-hydrogen) atoms. The highest BCUT2D eigenvalue weighted by Gasteiger charge is 2.50.